The van der Waals surface area contributed by atoms with Crippen LogP contribution >= 0.6 is 12.8 Å². The van der Waals surface area contributed by atoms with E-state index < -0.39 is 11.9 Å². The van der Waals surface area contributed by atoms with Gasteiger partial charge in [-0.2, -0.15) is 0 Å². The lowest BCUT2D eigenvalue weighted by atomic mass is 10.2. The molecule has 5 nitrogen and oxygen atoms in total. The SMILES string of the molecule is O=C(NS)c1ccc(C(=O)O)nc1. The first-order valence-corrected chi connectivity index (χ1v) is 3.73. The van der Waals surface area contributed by atoms with Crippen LogP contribution in [-0.2, 0) is 0 Å². The van der Waals surface area contributed by atoms with Gasteiger partial charge in [0.2, 0.25) is 0 Å². The van der Waals surface area contributed by atoms with E-state index in [1.165, 1.54) is 18.3 Å². The van der Waals surface area contributed by atoms with Crippen LogP contribution in [0, 0.1) is 0 Å². The first-order valence-electron chi connectivity index (χ1n) is 3.29. The van der Waals surface area contributed by atoms with Gasteiger partial charge in [-0.25, -0.2) is 9.78 Å². The Balaban J connectivity index is 2.93. The number of nitrogens with zero attached hydrogens (tertiary/aromatic N) is 1. The van der Waals surface area contributed by atoms with E-state index in [1.807, 2.05) is 0 Å². The Kier molecular flexibility index (Phi) is 2.86. The highest BCUT2D eigenvalue weighted by Crippen LogP contribution is 2.00. The monoisotopic (exact) mass is 198 g/mol. The lowest BCUT2D eigenvalue weighted by Gasteiger charge is -1.97. The Morgan fingerprint density at radius 1 is 1.46 bits per heavy atom. The van der Waals surface area contributed by atoms with E-state index in [-0.39, 0.29) is 11.3 Å². The first-order chi connectivity index (χ1) is 6.15. The zero-order valence-corrected chi connectivity index (χ0v) is 7.28. The summed E-state index contributed by atoms with van der Waals surface area (Å²) in [5.41, 5.74) is 0.163. The molecule has 0 radical (unpaired) electrons. The fourth-order valence-electron chi connectivity index (χ4n) is 0.719. The molecule has 0 bridgehead atoms. The molecular formula is C7H6N2O3S. The zero-order valence-electron chi connectivity index (χ0n) is 6.39. The Morgan fingerprint density at radius 2 is 2.15 bits per heavy atom. The minimum absolute atomic E-state index is 0.101. The van der Waals surface area contributed by atoms with Crippen LogP contribution in [0.5, 0.6) is 0 Å². The van der Waals surface area contributed by atoms with Crippen molar-refractivity contribution in [1.82, 2.24) is 9.71 Å². The maximum absolute atomic E-state index is 10.9. The van der Waals surface area contributed by atoms with Gasteiger partial charge in [-0.05, 0) is 12.1 Å². The highest BCUT2D eigenvalue weighted by molar-refractivity contribution is 7.78. The lowest BCUT2D eigenvalue weighted by Crippen LogP contribution is -2.13. The molecule has 1 aromatic rings. The van der Waals surface area contributed by atoms with Crippen molar-refractivity contribution < 1.29 is 14.7 Å². The maximum atomic E-state index is 10.9. The molecule has 0 atom stereocenters. The second-order valence-electron chi connectivity index (χ2n) is 2.18. The maximum Gasteiger partial charge on any atom is 0.354 e. The van der Waals surface area contributed by atoms with E-state index >= 15 is 0 Å². The van der Waals surface area contributed by atoms with Gasteiger partial charge in [0, 0.05) is 6.20 Å². The molecule has 0 aliphatic rings. The lowest BCUT2D eigenvalue weighted by molar-refractivity contribution is 0.0690. The van der Waals surface area contributed by atoms with Crippen molar-refractivity contribution >= 4 is 24.7 Å². The average molecular weight is 198 g/mol. The third-order valence-corrected chi connectivity index (χ3v) is 1.55. The minimum atomic E-state index is -1.13. The summed E-state index contributed by atoms with van der Waals surface area (Å²) in [6, 6.07) is 2.61. The van der Waals surface area contributed by atoms with Crippen LogP contribution in [0.2, 0.25) is 0 Å². The normalized spacial score (nSPS) is 9.31. The summed E-state index contributed by atoms with van der Waals surface area (Å²) in [5.74, 6) is -1.55. The summed E-state index contributed by atoms with van der Waals surface area (Å²) in [5, 5.41) is 8.49. The van der Waals surface area contributed by atoms with Crippen molar-refractivity contribution in [2.45, 2.75) is 0 Å². The molecular weight excluding hydrogens is 192 g/mol. The van der Waals surface area contributed by atoms with Crippen LogP contribution in [-0.4, -0.2) is 22.0 Å². The molecule has 0 unspecified atom stereocenters. The van der Waals surface area contributed by atoms with Gasteiger partial charge in [-0.1, -0.05) is 12.8 Å². The molecule has 1 rings (SSSR count). The van der Waals surface area contributed by atoms with Crippen molar-refractivity contribution in [3.05, 3.63) is 29.6 Å². The molecule has 2 N–H and O–H groups in total. The van der Waals surface area contributed by atoms with Gasteiger partial charge in [0.1, 0.15) is 5.69 Å². The van der Waals surface area contributed by atoms with Crippen LogP contribution in [0.25, 0.3) is 0 Å². The quantitative estimate of drug-likeness (QED) is 0.599. The Hall–Kier alpha value is -1.56. The van der Waals surface area contributed by atoms with E-state index in [9.17, 15) is 9.59 Å². The molecule has 1 amide bonds. The molecule has 6 heteroatoms. The van der Waals surface area contributed by atoms with Gasteiger partial charge in [0.25, 0.3) is 5.91 Å². The molecule has 13 heavy (non-hydrogen) atoms. The predicted molar refractivity (Wildman–Crippen MR) is 47.6 cm³/mol. The average Bonchev–Trinajstić information content (AvgIpc) is 2.17. The van der Waals surface area contributed by atoms with Crippen LogP contribution < -0.4 is 4.72 Å². The summed E-state index contributed by atoms with van der Waals surface area (Å²) >= 11 is 3.55. The molecule has 1 heterocycles. The number of hydrogen-bond acceptors (Lipinski definition) is 4. The molecule has 0 fully saturated rings. The molecule has 0 saturated heterocycles. The standard InChI is InChI=1S/C7H6N2O3S/c10-6(9-13)4-1-2-5(7(11)12)8-3-4/h1-3,13H,(H,9,10)(H,11,12). The number of rotatable bonds is 2. The topological polar surface area (TPSA) is 79.3 Å². The third kappa shape index (κ3) is 2.19. The van der Waals surface area contributed by atoms with Gasteiger partial charge in [0.15, 0.2) is 0 Å². The van der Waals surface area contributed by atoms with Crippen molar-refractivity contribution in [3.63, 3.8) is 0 Å². The van der Waals surface area contributed by atoms with E-state index in [2.05, 4.69) is 22.5 Å². The number of carbonyl (C=O) groups excluding carboxylic acids is 1. The Bertz CT molecular complexity index is 336. The largest absolute Gasteiger partial charge is 0.477 e. The highest BCUT2D eigenvalue weighted by Gasteiger charge is 2.07. The number of nitrogens with one attached hydrogen (secondary N) is 1. The van der Waals surface area contributed by atoms with Gasteiger partial charge < -0.3 is 5.11 Å². The van der Waals surface area contributed by atoms with Crippen LogP contribution in [0.1, 0.15) is 20.8 Å². The molecule has 0 saturated carbocycles. The number of pyridine rings is 1. The minimum Gasteiger partial charge on any atom is -0.477 e. The number of aromatic nitrogens is 1. The van der Waals surface area contributed by atoms with Crippen molar-refractivity contribution in [1.29, 1.82) is 0 Å². The van der Waals surface area contributed by atoms with E-state index in [0.717, 1.165) is 0 Å². The molecule has 0 spiro atoms. The molecule has 68 valence electrons. The third-order valence-electron chi connectivity index (χ3n) is 1.35. The number of amides is 1. The zero-order chi connectivity index (χ0) is 9.84. The molecule has 0 aliphatic heterocycles. The second-order valence-corrected chi connectivity index (χ2v) is 2.40. The smallest absolute Gasteiger partial charge is 0.354 e. The van der Waals surface area contributed by atoms with Gasteiger partial charge >= 0.3 is 5.97 Å². The fourth-order valence-corrected chi connectivity index (χ4v) is 0.848. The summed E-state index contributed by atoms with van der Waals surface area (Å²) in [4.78, 5) is 24.8. The summed E-state index contributed by atoms with van der Waals surface area (Å²) in [7, 11) is 0. The molecule has 0 aliphatic carbocycles. The Morgan fingerprint density at radius 3 is 2.54 bits per heavy atom. The summed E-state index contributed by atoms with van der Waals surface area (Å²) < 4.78 is 2.10. The number of thiol groups is 1. The summed E-state index contributed by atoms with van der Waals surface area (Å²) in [6.45, 7) is 0. The first kappa shape index (κ1) is 9.53. The van der Waals surface area contributed by atoms with E-state index in [0.29, 0.717) is 0 Å². The number of hydrogen-bond donors (Lipinski definition) is 3. The number of aromatic carboxylic acids is 1. The predicted octanol–water partition coefficient (Wildman–Crippen LogP) is 0.354. The Labute approximate surface area is 79.3 Å². The highest BCUT2D eigenvalue weighted by atomic mass is 32.1. The number of carbonyl (C=O) groups is 2. The van der Waals surface area contributed by atoms with Gasteiger partial charge in [0.05, 0.1) is 5.56 Å². The van der Waals surface area contributed by atoms with Crippen LogP contribution in [0.4, 0.5) is 0 Å². The van der Waals surface area contributed by atoms with E-state index in [4.69, 9.17) is 5.11 Å². The van der Waals surface area contributed by atoms with Gasteiger partial charge in [-0.15, -0.1) is 0 Å². The van der Waals surface area contributed by atoms with Crippen LogP contribution in [0.15, 0.2) is 18.3 Å². The fraction of sp³-hybridized carbons (Fsp3) is 0. The van der Waals surface area contributed by atoms with Crippen molar-refractivity contribution in [2.24, 2.45) is 0 Å². The number of carboxylic acid groups (broad SMARTS) is 1. The number of carboxylic acids is 1. The van der Waals surface area contributed by atoms with Crippen molar-refractivity contribution in [2.75, 3.05) is 0 Å². The summed E-state index contributed by atoms with van der Waals surface area (Å²) in [6.07, 6.45) is 1.18. The van der Waals surface area contributed by atoms with Crippen molar-refractivity contribution in [3.8, 4) is 0 Å². The molecule has 1 aromatic heterocycles. The van der Waals surface area contributed by atoms with Gasteiger partial charge in [-0.3, -0.25) is 9.52 Å². The molecule has 0 aromatic carbocycles. The second kappa shape index (κ2) is 3.90. The van der Waals surface area contributed by atoms with E-state index in [1.54, 1.807) is 0 Å². The van der Waals surface area contributed by atoms with Crippen LogP contribution in [0.3, 0.4) is 0 Å².